The van der Waals surface area contributed by atoms with E-state index in [9.17, 15) is 9.90 Å². The van der Waals surface area contributed by atoms with Gasteiger partial charge in [-0.2, -0.15) is 0 Å². The van der Waals surface area contributed by atoms with E-state index in [0.717, 1.165) is 36.1 Å². The van der Waals surface area contributed by atoms with Gasteiger partial charge in [0.2, 0.25) is 5.79 Å². The zero-order chi connectivity index (χ0) is 17.9. The van der Waals surface area contributed by atoms with Gasteiger partial charge in [0.05, 0.1) is 18.1 Å². The molecule has 2 unspecified atom stereocenters. The quantitative estimate of drug-likeness (QED) is 0.827. The van der Waals surface area contributed by atoms with Crippen molar-refractivity contribution in [1.29, 1.82) is 0 Å². The molecule has 0 saturated heterocycles. The Balaban J connectivity index is 2.28. The molecule has 3 rings (SSSR count). The summed E-state index contributed by atoms with van der Waals surface area (Å²) in [6.07, 6.45) is 2.58. The maximum atomic E-state index is 12.7. The molecule has 4 heteroatoms. The predicted octanol–water partition coefficient (Wildman–Crippen LogP) is 4.15. The van der Waals surface area contributed by atoms with Crippen LogP contribution in [0.5, 0.6) is 5.75 Å². The van der Waals surface area contributed by atoms with Crippen LogP contribution >= 0.6 is 0 Å². The third-order valence-electron chi connectivity index (χ3n) is 6.19. The molecule has 1 N–H and O–H groups in total. The predicted molar refractivity (Wildman–Crippen MR) is 92.4 cm³/mol. The van der Waals surface area contributed by atoms with Crippen molar-refractivity contribution in [2.75, 3.05) is 7.11 Å². The van der Waals surface area contributed by atoms with E-state index in [4.69, 9.17) is 9.47 Å². The average molecular weight is 332 g/mol. The van der Waals surface area contributed by atoms with Crippen molar-refractivity contribution >= 4 is 5.97 Å². The summed E-state index contributed by atoms with van der Waals surface area (Å²) >= 11 is 0. The second-order valence-corrected chi connectivity index (χ2v) is 8.40. The first kappa shape index (κ1) is 17.3. The first-order valence-corrected chi connectivity index (χ1v) is 8.75. The van der Waals surface area contributed by atoms with Crippen molar-refractivity contribution in [2.24, 2.45) is 5.41 Å². The summed E-state index contributed by atoms with van der Waals surface area (Å²) in [5.74, 6) is -0.948. The average Bonchev–Trinajstić information content (AvgIpc) is 2.50. The number of carbonyl (C=O) groups is 1. The van der Waals surface area contributed by atoms with Crippen LogP contribution in [-0.4, -0.2) is 24.0 Å². The van der Waals surface area contributed by atoms with E-state index < -0.39 is 22.6 Å². The van der Waals surface area contributed by atoms with E-state index in [0.29, 0.717) is 5.56 Å². The smallest absolute Gasteiger partial charge is 0.341 e. The van der Waals surface area contributed by atoms with Gasteiger partial charge in [-0.25, -0.2) is 4.79 Å². The van der Waals surface area contributed by atoms with Crippen molar-refractivity contribution in [3.05, 3.63) is 28.8 Å². The maximum Gasteiger partial charge on any atom is 0.341 e. The number of ether oxygens (including phenoxy) is 2. The number of fused-ring (bicyclic) bond motifs is 3. The van der Waals surface area contributed by atoms with Crippen LogP contribution in [-0.2, 0) is 10.2 Å². The van der Waals surface area contributed by atoms with Gasteiger partial charge in [0.1, 0.15) is 5.75 Å². The van der Waals surface area contributed by atoms with Crippen LogP contribution in [0.15, 0.2) is 12.1 Å². The number of methoxy groups -OCH3 is 1. The molecule has 0 spiro atoms. The van der Waals surface area contributed by atoms with Gasteiger partial charge in [0.25, 0.3) is 0 Å². The van der Waals surface area contributed by atoms with E-state index in [1.54, 1.807) is 7.11 Å². The van der Waals surface area contributed by atoms with Crippen molar-refractivity contribution in [2.45, 2.75) is 71.0 Å². The largest absolute Gasteiger partial charge is 0.496 e. The SMILES string of the molecule is COc1cc2c(cc1C(C)C)C(=O)OC1(O)C(C)(C)CCCC21C. The van der Waals surface area contributed by atoms with Crippen molar-refractivity contribution in [3.63, 3.8) is 0 Å². The number of rotatable bonds is 2. The van der Waals surface area contributed by atoms with Gasteiger partial charge in [-0.05, 0) is 48.9 Å². The van der Waals surface area contributed by atoms with Crippen molar-refractivity contribution in [1.82, 2.24) is 0 Å². The van der Waals surface area contributed by atoms with E-state index in [2.05, 4.69) is 13.8 Å². The molecule has 132 valence electrons. The lowest BCUT2D eigenvalue weighted by atomic mass is 9.55. The Bertz CT molecular complexity index is 691. The molecule has 4 nitrogen and oxygen atoms in total. The molecular weight excluding hydrogens is 304 g/mol. The van der Waals surface area contributed by atoms with E-state index >= 15 is 0 Å². The molecule has 24 heavy (non-hydrogen) atoms. The fourth-order valence-electron chi connectivity index (χ4n) is 4.58. The summed E-state index contributed by atoms with van der Waals surface area (Å²) in [6.45, 7) is 10.1. The molecule has 1 heterocycles. The van der Waals surface area contributed by atoms with Gasteiger partial charge >= 0.3 is 5.97 Å². The molecular formula is C20H28O4. The van der Waals surface area contributed by atoms with Crippen molar-refractivity contribution in [3.8, 4) is 5.75 Å². The summed E-state index contributed by atoms with van der Waals surface area (Å²) in [5.41, 5.74) is 1.25. The topological polar surface area (TPSA) is 55.8 Å². The molecule has 2 atom stereocenters. The van der Waals surface area contributed by atoms with Gasteiger partial charge < -0.3 is 14.6 Å². The number of hydrogen-bond acceptors (Lipinski definition) is 4. The maximum absolute atomic E-state index is 12.7. The fraction of sp³-hybridized carbons (Fsp3) is 0.650. The van der Waals surface area contributed by atoms with Crippen LogP contribution in [0.25, 0.3) is 0 Å². The molecule has 1 aliphatic carbocycles. The van der Waals surface area contributed by atoms with Gasteiger partial charge in [-0.15, -0.1) is 0 Å². The minimum atomic E-state index is -1.51. The van der Waals surface area contributed by atoms with E-state index in [1.807, 2.05) is 32.9 Å². The summed E-state index contributed by atoms with van der Waals surface area (Å²) < 4.78 is 11.3. The molecule has 1 aromatic rings. The molecule has 1 saturated carbocycles. The van der Waals surface area contributed by atoms with Crippen LogP contribution in [0.2, 0.25) is 0 Å². The van der Waals surface area contributed by atoms with Crippen LogP contribution in [0, 0.1) is 5.41 Å². The fourth-order valence-corrected chi connectivity index (χ4v) is 4.58. The lowest BCUT2D eigenvalue weighted by molar-refractivity contribution is -0.292. The summed E-state index contributed by atoms with van der Waals surface area (Å²) in [7, 11) is 1.65. The Labute approximate surface area is 144 Å². The Hall–Kier alpha value is -1.55. The molecule has 1 fully saturated rings. The number of esters is 1. The molecule has 2 aliphatic rings. The zero-order valence-electron chi connectivity index (χ0n) is 15.5. The Morgan fingerprint density at radius 3 is 2.46 bits per heavy atom. The van der Waals surface area contributed by atoms with Crippen LogP contribution in [0.3, 0.4) is 0 Å². The highest BCUT2D eigenvalue weighted by molar-refractivity contribution is 5.94. The highest BCUT2D eigenvalue weighted by Crippen LogP contribution is 2.59. The Kier molecular flexibility index (Phi) is 3.76. The number of hydrogen-bond donors (Lipinski definition) is 1. The highest BCUT2D eigenvalue weighted by atomic mass is 16.7. The monoisotopic (exact) mass is 332 g/mol. The summed E-state index contributed by atoms with van der Waals surface area (Å²) in [6, 6.07) is 3.82. The number of benzene rings is 1. The lowest BCUT2D eigenvalue weighted by Crippen LogP contribution is -2.66. The third kappa shape index (κ3) is 2.05. The van der Waals surface area contributed by atoms with Gasteiger partial charge in [0.15, 0.2) is 0 Å². The zero-order valence-corrected chi connectivity index (χ0v) is 15.5. The molecule has 1 aromatic carbocycles. The standard InChI is InChI=1S/C20H28O4/c1-12(2)13-10-14-15(11-16(13)23-6)19(5)9-7-8-18(3,4)20(19,22)24-17(14)21/h10-12,22H,7-9H2,1-6H3. The number of carbonyl (C=O) groups excluding carboxylic acids is 1. The Morgan fingerprint density at radius 2 is 1.88 bits per heavy atom. The second-order valence-electron chi connectivity index (χ2n) is 8.40. The highest BCUT2D eigenvalue weighted by Gasteiger charge is 2.65. The van der Waals surface area contributed by atoms with Crippen LogP contribution in [0.1, 0.15) is 81.3 Å². The summed E-state index contributed by atoms with van der Waals surface area (Å²) in [5, 5.41) is 11.5. The minimum absolute atomic E-state index is 0.231. The van der Waals surface area contributed by atoms with E-state index in [-0.39, 0.29) is 5.92 Å². The van der Waals surface area contributed by atoms with Crippen molar-refractivity contribution < 1.29 is 19.4 Å². The lowest BCUT2D eigenvalue weighted by Gasteiger charge is -2.58. The van der Waals surface area contributed by atoms with Crippen LogP contribution < -0.4 is 4.74 Å². The molecule has 0 aromatic heterocycles. The molecule has 0 amide bonds. The molecule has 1 aliphatic heterocycles. The van der Waals surface area contributed by atoms with Crippen LogP contribution in [0.4, 0.5) is 0 Å². The molecule has 0 bridgehead atoms. The second kappa shape index (κ2) is 5.22. The first-order chi connectivity index (χ1) is 11.1. The Morgan fingerprint density at radius 1 is 1.21 bits per heavy atom. The van der Waals surface area contributed by atoms with Gasteiger partial charge in [-0.3, -0.25) is 0 Å². The number of aliphatic hydroxyl groups is 1. The summed E-state index contributed by atoms with van der Waals surface area (Å²) in [4.78, 5) is 12.7. The van der Waals surface area contributed by atoms with E-state index in [1.165, 1.54) is 0 Å². The molecule has 0 radical (unpaired) electrons. The van der Waals surface area contributed by atoms with Gasteiger partial charge in [0, 0.05) is 5.41 Å². The minimum Gasteiger partial charge on any atom is -0.496 e. The normalized spacial score (nSPS) is 31.2. The third-order valence-corrected chi connectivity index (χ3v) is 6.19. The van der Waals surface area contributed by atoms with Gasteiger partial charge in [-0.1, -0.05) is 34.1 Å². The first-order valence-electron chi connectivity index (χ1n) is 8.75.